The molecule has 0 amide bonds. The Morgan fingerprint density at radius 1 is 1.54 bits per heavy atom. The lowest BCUT2D eigenvalue weighted by atomic mass is 10.1. The smallest absolute Gasteiger partial charge is 0.307 e. The number of aromatic hydroxyl groups is 1. The average Bonchev–Trinajstić information content (AvgIpc) is 2.05. The van der Waals surface area contributed by atoms with E-state index in [9.17, 15) is 9.18 Å². The van der Waals surface area contributed by atoms with Gasteiger partial charge in [0.05, 0.1) is 6.42 Å². The van der Waals surface area contributed by atoms with Gasteiger partial charge in [-0.25, -0.2) is 4.39 Å². The summed E-state index contributed by atoms with van der Waals surface area (Å²) < 4.78 is 13.4. The largest absolute Gasteiger partial charge is 0.505 e. The van der Waals surface area contributed by atoms with Crippen molar-refractivity contribution in [3.8, 4) is 5.75 Å². The number of hydrogen-bond acceptors (Lipinski definition) is 2. The molecule has 0 aromatic heterocycles. The van der Waals surface area contributed by atoms with Crippen LogP contribution in [0.25, 0.3) is 0 Å². The molecule has 0 bridgehead atoms. The lowest BCUT2D eigenvalue weighted by Crippen LogP contribution is -2.03. The molecule has 0 aliphatic rings. The van der Waals surface area contributed by atoms with Crippen LogP contribution in [0, 0.1) is 5.82 Å². The second-order valence-corrected chi connectivity index (χ2v) is 3.28. The number of rotatable bonds is 2. The molecule has 70 valence electrons. The van der Waals surface area contributed by atoms with Gasteiger partial charge in [0.1, 0.15) is 0 Å². The number of hydrogen-bond donors (Lipinski definition) is 2. The molecule has 3 nitrogen and oxygen atoms in total. The Labute approximate surface area is 81.9 Å². The Balaban J connectivity index is 3.17. The van der Waals surface area contributed by atoms with Crippen molar-refractivity contribution in [2.24, 2.45) is 0 Å². The van der Waals surface area contributed by atoms with Crippen molar-refractivity contribution < 1.29 is 19.4 Å². The van der Waals surface area contributed by atoms with Gasteiger partial charge in [0.15, 0.2) is 11.6 Å². The SMILES string of the molecule is O=C(O)Cc1c(Br)ccc(O)c1F. The summed E-state index contributed by atoms with van der Waals surface area (Å²) >= 11 is 3.00. The minimum Gasteiger partial charge on any atom is -0.505 e. The van der Waals surface area contributed by atoms with Gasteiger partial charge in [-0.1, -0.05) is 15.9 Å². The van der Waals surface area contributed by atoms with Crippen LogP contribution in [0.5, 0.6) is 5.75 Å². The molecule has 0 atom stereocenters. The minimum atomic E-state index is -1.15. The molecule has 0 saturated carbocycles. The molecule has 5 heteroatoms. The first-order chi connectivity index (χ1) is 6.02. The molecule has 0 saturated heterocycles. The Morgan fingerprint density at radius 2 is 2.15 bits per heavy atom. The zero-order chi connectivity index (χ0) is 10.0. The van der Waals surface area contributed by atoms with Gasteiger partial charge in [-0.2, -0.15) is 0 Å². The molecular formula is C8H6BrFO3. The van der Waals surface area contributed by atoms with Gasteiger partial charge in [-0.05, 0) is 12.1 Å². The van der Waals surface area contributed by atoms with E-state index in [-0.39, 0.29) is 5.56 Å². The van der Waals surface area contributed by atoms with Crippen LogP contribution in [0.3, 0.4) is 0 Å². The molecule has 0 fully saturated rings. The third-order valence-corrected chi connectivity index (χ3v) is 2.24. The number of phenolic OH excluding ortho intramolecular Hbond substituents is 1. The molecule has 1 aromatic carbocycles. The van der Waals surface area contributed by atoms with Crippen LogP contribution in [0.2, 0.25) is 0 Å². The van der Waals surface area contributed by atoms with Crippen molar-refractivity contribution in [2.75, 3.05) is 0 Å². The Bertz CT molecular complexity index is 351. The summed E-state index contributed by atoms with van der Waals surface area (Å²) in [6.45, 7) is 0. The summed E-state index contributed by atoms with van der Waals surface area (Å²) in [5.41, 5.74) is -0.0486. The Hall–Kier alpha value is -1.10. The quantitative estimate of drug-likeness (QED) is 0.841. The van der Waals surface area contributed by atoms with Crippen LogP contribution in [0.15, 0.2) is 16.6 Å². The lowest BCUT2D eigenvalue weighted by Gasteiger charge is -2.04. The zero-order valence-corrected chi connectivity index (χ0v) is 8.01. The first-order valence-corrected chi connectivity index (χ1v) is 4.19. The normalized spacial score (nSPS) is 10.0. The predicted octanol–water partition coefficient (Wildman–Crippen LogP) is 1.92. The molecule has 2 N–H and O–H groups in total. The molecular weight excluding hydrogens is 243 g/mol. The van der Waals surface area contributed by atoms with E-state index in [4.69, 9.17) is 10.2 Å². The summed E-state index contributed by atoms with van der Waals surface area (Å²) in [6.07, 6.45) is -0.458. The molecule has 0 aliphatic heterocycles. The van der Waals surface area contributed by atoms with Crippen LogP contribution in [-0.4, -0.2) is 16.2 Å². The van der Waals surface area contributed by atoms with Crippen molar-refractivity contribution >= 4 is 21.9 Å². The molecule has 1 aromatic rings. The topological polar surface area (TPSA) is 57.5 Å². The third kappa shape index (κ3) is 2.18. The number of phenols is 1. The van der Waals surface area contributed by atoms with Crippen molar-refractivity contribution in [1.82, 2.24) is 0 Å². The molecule has 0 heterocycles. The van der Waals surface area contributed by atoms with E-state index in [1.54, 1.807) is 0 Å². The van der Waals surface area contributed by atoms with Crippen LogP contribution >= 0.6 is 15.9 Å². The van der Waals surface area contributed by atoms with Crippen LogP contribution in [-0.2, 0) is 11.2 Å². The Morgan fingerprint density at radius 3 is 2.69 bits per heavy atom. The minimum absolute atomic E-state index is 0.0486. The van der Waals surface area contributed by atoms with Crippen molar-refractivity contribution in [3.63, 3.8) is 0 Å². The third-order valence-electron chi connectivity index (χ3n) is 1.49. The second-order valence-electron chi connectivity index (χ2n) is 2.43. The summed E-state index contributed by atoms with van der Waals surface area (Å²) in [5, 5.41) is 17.4. The van der Waals surface area contributed by atoms with Crippen LogP contribution in [0.1, 0.15) is 5.56 Å². The van der Waals surface area contributed by atoms with E-state index >= 15 is 0 Å². The fourth-order valence-electron chi connectivity index (χ4n) is 0.899. The molecule has 0 unspecified atom stereocenters. The van der Waals surface area contributed by atoms with Gasteiger partial charge in [-0.3, -0.25) is 4.79 Å². The van der Waals surface area contributed by atoms with Gasteiger partial charge in [0.2, 0.25) is 0 Å². The van der Waals surface area contributed by atoms with E-state index in [1.807, 2.05) is 0 Å². The average molecular weight is 249 g/mol. The highest BCUT2D eigenvalue weighted by Gasteiger charge is 2.14. The lowest BCUT2D eigenvalue weighted by molar-refractivity contribution is -0.136. The van der Waals surface area contributed by atoms with E-state index in [0.29, 0.717) is 4.47 Å². The number of benzene rings is 1. The van der Waals surface area contributed by atoms with Gasteiger partial charge >= 0.3 is 5.97 Å². The molecule has 13 heavy (non-hydrogen) atoms. The van der Waals surface area contributed by atoms with Gasteiger partial charge in [0, 0.05) is 10.0 Å². The highest BCUT2D eigenvalue weighted by atomic mass is 79.9. The zero-order valence-electron chi connectivity index (χ0n) is 6.42. The maximum absolute atomic E-state index is 13.1. The monoisotopic (exact) mass is 248 g/mol. The molecule has 0 radical (unpaired) electrons. The molecule has 0 spiro atoms. The highest BCUT2D eigenvalue weighted by Crippen LogP contribution is 2.26. The first kappa shape index (κ1) is 9.98. The number of aliphatic carboxylic acids is 1. The number of halogens is 2. The van der Waals surface area contributed by atoms with Crippen LogP contribution < -0.4 is 0 Å². The Kier molecular flexibility index (Phi) is 2.87. The number of carboxylic acids is 1. The summed E-state index contributed by atoms with van der Waals surface area (Å²) in [6, 6.07) is 2.56. The van der Waals surface area contributed by atoms with E-state index < -0.39 is 24.0 Å². The standard InChI is InChI=1S/C8H6BrFO3/c9-5-1-2-6(11)8(10)4(5)3-7(12)13/h1-2,11H,3H2,(H,12,13). The summed E-state index contributed by atoms with van der Waals surface area (Å²) in [5.74, 6) is -2.58. The first-order valence-electron chi connectivity index (χ1n) is 3.40. The highest BCUT2D eigenvalue weighted by molar-refractivity contribution is 9.10. The summed E-state index contributed by atoms with van der Waals surface area (Å²) in [7, 11) is 0. The fraction of sp³-hybridized carbons (Fsp3) is 0.125. The maximum Gasteiger partial charge on any atom is 0.307 e. The predicted molar refractivity (Wildman–Crippen MR) is 47.1 cm³/mol. The van der Waals surface area contributed by atoms with Crippen molar-refractivity contribution in [3.05, 3.63) is 28.0 Å². The molecule has 0 aliphatic carbocycles. The molecule has 1 rings (SSSR count). The van der Waals surface area contributed by atoms with Crippen LogP contribution in [0.4, 0.5) is 4.39 Å². The van der Waals surface area contributed by atoms with Gasteiger partial charge in [0.25, 0.3) is 0 Å². The van der Waals surface area contributed by atoms with E-state index in [1.165, 1.54) is 6.07 Å². The van der Waals surface area contributed by atoms with E-state index in [2.05, 4.69) is 15.9 Å². The van der Waals surface area contributed by atoms with E-state index in [0.717, 1.165) is 6.07 Å². The fourth-order valence-corrected chi connectivity index (χ4v) is 1.34. The van der Waals surface area contributed by atoms with Gasteiger partial charge in [-0.15, -0.1) is 0 Å². The summed E-state index contributed by atoms with van der Waals surface area (Å²) in [4.78, 5) is 10.3. The number of carbonyl (C=O) groups is 1. The second kappa shape index (κ2) is 3.74. The van der Waals surface area contributed by atoms with Gasteiger partial charge < -0.3 is 10.2 Å². The number of carboxylic acid groups (broad SMARTS) is 1. The van der Waals surface area contributed by atoms with Crippen molar-refractivity contribution in [2.45, 2.75) is 6.42 Å². The maximum atomic E-state index is 13.1. The van der Waals surface area contributed by atoms with Crippen molar-refractivity contribution in [1.29, 1.82) is 0 Å².